The number of halogens is 3. The Hall–Kier alpha value is -1.34. The summed E-state index contributed by atoms with van der Waals surface area (Å²) in [6.07, 6.45) is 1.50. The van der Waals surface area contributed by atoms with E-state index in [0.29, 0.717) is 5.82 Å². The van der Waals surface area contributed by atoms with E-state index in [9.17, 15) is 8.78 Å². The number of hydrogen-bond acceptors (Lipinski definition) is 3. The van der Waals surface area contributed by atoms with Crippen molar-refractivity contribution in [1.29, 1.82) is 0 Å². The molecule has 0 radical (unpaired) electrons. The molecule has 1 aromatic heterocycles. The Morgan fingerprint density at radius 3 is 2.83 bits per heavy atom. The third kappa shape index (κ3) is 2.56. The van der Waals surface area contributed by atoms with Crippen molar-refractivity contribution in [2.24, 2.45) is 0 Å². The van der Waals surface area contributed by atoms with Gasteiger partial charge < -0.3 is 5.32 Å². The van der Waals surface area contributed by atoms with Crippen LogP contribution in [0.5, 0.6) is 0 Å². The van der Waals surface area contributed by atoms with Gasteiger partial charge in [0.2, 0.25) is 0 Å². The van der Waals surface area contributed by atoms with E-state index < -0.39 is 11.6 Å². The minimum absolute atomic E-state index is 0.0140. The van der Waals surface area contributed by atoms with E-state index in [1.807, 2.05) is 0 Å². The molecule has 0 saturated heterocycles. The predicted molar refractivity (Wildman–Crippen MR) is 65.9 cm³/mol. The molecular weight excluding hydrogens is 306 g/mol. The molecule has 1 atom stereocenters. The van der Waals surface area contributed by atoms with Crippen LogP contribution in [0.1, 0.15) is 17.4 Å². The standard InChI is InChI=1S/C11H11BrF2N4/c1-15-9(11-16-5-17-18-11)4-6-8(13)3-2-7(12)10(6)14/h2-3,5,9,15H,4H2,1H3,(H,16,17,18). The number of aromatic amines is 1. The van der Waals surface area contributed by atoms with Crippen LogP contribution in [0.15, 0.2) is 22.9 Å². The van der Waals surface area contributed by atoms with Crippen LogP contribution in [0.3, 0.4) is 0 Å². The molecule has 0 bridgehead atoms. The van der Waals surface area contributed by atoms with Gasteiger partial charge in [0.1, 0.15) is 23.8 Å². The van der Waals surface area contributed by atoms with Gasteiger partial charge in [-0.15, -0.1) is 0 Å². The minimum atomic E-state index is -0.588. The van der Waals surface area contributed by atoms with Gasteiger partial charge in [0.05, 0.1) is 10.5 Å². The first-order valence-corrected chi connectivity index (χ1v) is 6.07. The zero-order valence-electron chi connectivity index (χ0n) is 9.54. The Morgan fingerprint density at radius 1 is 1.44 bits per heavy atom. The van der Waals surface area contributed by atoms with Crippen LogP contribution in [0.25, 0.3) is 0 Å². The van der Waals surface area contributed by atoms with Gasteiger partial charge in [-0.2, -0.15) is 5.10 Å². The summed E-state index contributed by atoms with van der Waals surface area (Å²) in [5.74, 6) is -0.624. The van der Waals surface area contributed by atoms with Gasteiger partial charge in [0.25, 0.3) is 0 Å². The number of hydrogen-bond donors (Lipinski definition) is 2. The molecule has 0 spiro atoms. The number of likely N-dealkylation sites (N-methyl/N-ethyl adjacent to an activating group) is 1. The lowest BCUT2D eigenvalue weighted by atomic mass is 10.0. The molecule has 0 aliphatic rings. The van der Waals surface area contributed by atoms with Crippen molar-refractivity contribution in [3.8, 4) is 0 Å². The average molecular weight is 317 g/mol. The van der Waals surface area contributed by atoms with Gasteiger partial charge in [-0.1, -0.05) is 0 Å². The van der Waals surface area contributed by atoms with Crippen LogP contribution in [-0.4, -0.2) is 22.2 Å². The predicted octanol–water partition coefficient (Wildman–Crippen LogP) is 2.35. The molecule has 18 heavy (non-hydrogen) atoms. The van der Waals surface area contributed by atoms with Crippen molar-refractivity contribution in [1.82, 2.24) is 20.5 Å². The minimum Gasteiger partial charge on any atom is -0.310 e. The summed E-state index contributed by atoms with van der Waals surface area (Å²) in [5.41, 5.74) is 0.0140. The largest absolute Gasteiger partial charge is 0.310 e. The molecule has 7 heteroatoms. The zero-order valence-corrected chi connectivity index (χ0v) is 11.1. The van der Waals surface area contributed by atoms with Crippen molar-refractivity contribution in [2.45, 2.75) is 12.5 Å². The molecule has 1 unspecified atom stereocenters. The van der Waals surface area contributed by atoms with E-state index in [-0.39, 0.29) is 22.5 Å². The van der Waals surface area contributed by atoms with Crippen molar-refractivity contribution in [3.63, 3.8) is 0 Å². The second kappa shape index (κ2) is 5.53. The van der Waals surface area contributed by atoms with Crippen LogP contribution >= 0.6 is 15.9 Å². The lowest BCUT2D eigenvalue weighted by Crippen LogP contribution is -2.21. The van der Waals surface area contributed by atoms with E-state index in [1.54, 1.807) is 7.05 Å². The van der Waals surface area contributed by atoms with E-state index in [2.05, 4.69) is 36.4 Å². The summed E-state index contributed by atoms with van der Waals surface area (Å²) in [6, 6.07) is 2.25. The highest BCUT2D eigenvalue weighted by molar-refractivity contribution is 9.10. The van der Waals surface area contributed by atoms with Gasteiger partial charge in [0, 0.05) is 12.0 Å². The lowest BCUT2D eigenvalue weighted by Gasteiger charge is -2.14. The molecule has 0 aliphatic carbocycles. The SMILES string of the molecule is CNC(Cc1c(F)ccc(Br)c1F)c1ncn[nH]1. The topological polar surface area (TPSA) is 53.6 Å². The Balaban J connectivity index is 2.30. The second-order valence-electron chi connectivity index (χ2n) is 3.74. The first-order valence-electron chi connectivity index (χ1n) is 5.28. The Bertz CT molecular complexity index is 530. The fraction of sp³-hybridized carbons (Fsp3) is 0.273. The first-order chi connectivity index (χ1) is 8.63. The zero-order chi connectivity index (χ0) is 13.1. The third-order valence-corrected chi connectivity index (χ3v) is 3.27. The number of rotatable bonds is 4. The molecule has 1 aromatic carbocycles. The monoisotopic (exact) mass is 316 g/mol. The van der Waals surface area contributed by atoms with Crippen molar-refractivity contribution in [2.75, 3.05) is 7.05 Å². The van der Waals surface area contributed by atoms with Crippen LogP contribution < -0.4 is 5.32 Å². The summed E-state index contributed by atoms with van der Waals surface area (Å²) >= 11 is 3.04. The van der Waals surface area contributed by atoms with Crippen LogP contribution in [0.4, 0.5) is 8.78 Å². The smallest absolute Gasteiger partial charge is 0.143 e. The fourth-order valence-corrected chi connectivity index (χ4v) is 2.05. The molecule has 0 saturated carbocycles. The summed E-state index contributed by atoms with van der Waals surface area (Å²) in [4.78, 5) is 3.98. The summed E-state index contributed by atoms with van der Waals surface area (Å²) < 4.78 is 27.7. The Kier molecular flexibility index (Phi) is 4.03. The molecule has 0 fully saturated rings. The van der Waals surface area contributed by atoms with Gasteiger partial charge in [0.15, 0.2) is 0 Å². The number of aromatic nitrogens is 3. The molecule has 96 valence electrons. The molecule has 2 N–H and O–H groups in total. The summed E-state index contributed by atoms with van der Waals surface area (Å²) in [7, 11) is 1.70. The van der Waals surface area contributed by atoms with Gasteiger partial charge in [-0.3, -0.25) is 5.10 Å². The Morgan fingerprint density at radius 2 is 2.22 bits per heavy atom. The number of benzene rings is 1. The highest BCUT2D eigenvalue weighted by atomic mass is 79.9. The summed E-state index contributed by atoms with van der Waals surface area (Å²) in [6.45, 7) is 0. The lowest BCUT2D eigenvalue weighted by molar-refractivity contribution is 0.500. The van der Waals surface area contributed by atoms with Crippen molar-refractivity contribution < 1.29 is 8.78 Å². The maximum atomic E-state index is 13.8. The van der Waals surface area contributed by atoms with E-state index in [4.69, 9.17) is 0 Å². The van der Waals surface area contributed by atoms with E-state index in [1.165, 1.54) is 18.5 Å². The normalized spacial score (nSPS) is 12.7. The van der Waals surface area contributed by atoms with Crippen LogP contribution in [0, 0.1) is 11.6 Å². The van der Waals surface area contributed by atoms with E-state index >= 15 is 0 Å². The highest BCUT2D eigenvalue weighted by Gasteiger charge is 2.19. The fourth-order valence-electron chi connectivity index (χ4n) is 1.68. The molecule has 2 aromatic rings. The molecule has 4 nitrogen and oxygen atoms in total. The maximum Gasteiger partial charge on any atom is 0.143 e. The van der Waals surface area contributed by atoms with Crippen LogP contribution in [-0.2, 0) is 6.42 Å². The third-order valence-electron chi connectivity index (χ3n) is 2.66. The van der Waals surface area contributed by atoms with Gasteiger partial charge in [-0.25, -0.2) is 13.8 Å². The molecular formula is C11H11BrF2N4. The molecule has 2 rings (SSSR count). The van der Waals surface area contributed by atoms with Gasteiger partial charge in [-0.05, 0) is 35.1 Å². The molecule has 0 amide bonds. The summed E-state index contributed by atoms with van der Waals surface area (Å²) in [5, 5.41) is 9.35. The van der Waals surface area contributed by atoms with Crippen LogP contribution in [0.2, 0.25) is 0 Å². The average Bonchev–Trinajstić information content (AvgIpc) is 2.88. The number of nitrogens with one attached hydrogen (secondary N) is 2. The quantitative estimate of drug-likeness (QED) is 0.851. The second-order valence-corrected chi connectivity index (χ2v) is 4.59. The maximum absolute atomic E-state index is 13.8. The number of H-pyrrole nitrogens is 1. The molecule has 1 heterocycles. The number of nitrogens with zero attached hydrogens (tertiary/aromatic N) is 2. The van der Waals surface area contributed by atoms with Gasteiger partial charge >= 0.3 is 0 Å². The highest BCUT2D eigenvalue weighted by Crippen LogP contribution is 2.25. The van der Waals surface area contributed by atoms with E-state index in [0.717, 1.165) is 0 Å². The first kappa shape index (κ1) is 13.1. The van der Waals surface area contributed by atoms with Crippen molar-refractivity contribution in [3.05, 3.63) is 46.0 Å². The molecule has 0 aliphatic heterocycles. The Labute approximate surface area is 111 Å². The van der Waals surface area contributed by atoms with Crippen molar-refractivity contribution >= 4 is 15.9 Å².